The first-order valence-electron chi connectivity index (χ1n) is 9.08. The number of piperazine rings is 1. The smallest absolute Gasteiger partial charge is 0.0335 e. The van der Waals surface area contributed by atoms with Crippen LogP contribution in [0.2, 0.25) is 0 Å². The van der Waals surface area contributed by atoms with Crippen molar-refractivity contribution < 1.29 is 0 Å². The van der Waals surface area contributed by atoms with Gasteiger partial charge in [-0.2, -0.15) is 0 Å². The Balaban J connectivity index is 1.71. The van der Waals surface area contributed by atoms with Crippen LogP contribution in [-0.2, 0) is 0 Å². The number of rotatable bonds is 5. The van der Waals surface area contributed by atoms with E-state index in [-0.39, 0.29) is 0 Å². The molecule has 3 rings (SSSR count). The molecule has 0 aromatic carbocycles. The van der Waals surface area contributed by atoms with Crippen LogP contribution >= 0.6 is 0 Å². The predicted octanol–water partition coefficient (Wildman–Crippen LogP) is 3.81. The van der Waals surface area contributed by atoms with Crippen molar-refractivity contribution >= 4 is 0 Å². The highest BCUT2D eigenvalue weighted by Gasteiger charge is 2.51. The number of hydrogen-bond donors (Lipinski definition) is 1. The average molecular weight is 278 g/mol. The molecule has 1 heterocycles. The van der Waals surface area contributed by atoms with Crippen LogP contribution in [0.15, 0.2) is 0 Å². The maximum Gasteiger partial charge on any atom is 0.0335 e. The van der Waals surface area contributed by atoms with Crippen LogP contribution in [0.3, 0.4) is 0 Å². The van der Waals surface area contributed by atoms with Crippen LogP contribution in [-0.4, -0.2) is 35.6 Å². The van der Waals surface area contributed by atoms with Gasteiger partial charge in [-0.15, -0.1) is 0 Å². The van der Waals surface area contributed by atoms with Gasteiger partial charge < -0.3 is 5.32 Å². The Bertz CT molecular complexity index is 330. The van der Waals surface area contributed by atoms with E-state index in [2.05, 4.69) is 31.0 Å². The lowest BCUT2D eigenvalue weighted by molar-refractivity contribution is -0.00426. The Labute approximate surface area is 125 Å². The van der Waals surface area contributed by atoms with Crippen LogP contribution in [0.1, 0.15) is 72.1 Å². The molecule has 3 fully saturated rings. The van der Waals surface area contributed by atoms with Crippen LogP contribution in [0.4, 0.5) is 0 Å². The van der Waals surface area contributed by atoms with E-state index in [0.717, 1.165) is 11.8 Å². The maximum atomic E-state index is 3.98. The molecular formula is C18H34N2. The average Bonchev–Trinajstić information content (AvgIpc) is 3.16. The van der Waals surface area contributed by atoms with E-state index in [1.165, 1.54) is 71.0 Å². The van der Waals surface area contributed by atoms with E-state index >= 15 is 0 Å². The lowest BCUT2D eigenvalue weighted by Gasteiger charge is -2.53. The van der Waals surface area contributed by atoms with Crippen molar-refractivity contribution in [3.8, 4) is 0 Å². The molecule has 0 bridgehead atoms. The summed E-state index contributed by atoms with van der Waals surface area (Å²) in [5.41, 5.74) is 0.913. The SMILES string of the molecule is CCCC(C)CN1CC(C)(C2CC2)NCC12CCCC2. The monoisotopic (exact) mass is 278 g/mol. The van der Waals surface area contributed by atoms with Crippen molar-refractivity contribution in [1.29, 1.82) is 0 Å². The van der Waals surface area contributed by atoms with Crippen LogP contribution in [0.25, 0.3) is 0 Å². The zero-order valence-electron chi connectivity index (χ0n) is 13.9. The normalized spacial score (nSPS) is 35.5. The summed E-state index contributed by atoms with van der Waals surface area (Å²) in [6.07, 6.45) is 11.4. The first kappa shape index (κ1) is 14.8. The van der Waals surface area contributed by atoms with E-state index in [0.29, 0.717) is 11.1 Å². The summed E-state index contributed by atoms with van der Waals surface area (Å²) in [6.45, 7) is 11.2. The third kappa shape index (κ3) is 2.78. The molecule has 0 amide bonds. The second-order valence-electron chi connectivity index (χ2n) is 8.25. The molecule has 0 aromatic heterocycles. The summed E-state index contributed by atoms with van der Waals surface area (Å²) in [4.78, 5) is 2.93. The minimum Gasteiger partial charge on any atom is -0.308 e. The first-order chi connectivity index (χ1) is 9.58. The molecule has 3 aliphatic rings. The second kappa shape index (κ2) is 5.61. The third-order valence-corrected chi connectivity index (χ3v) is 6.34. The summed E-state index contributed by atoms with van der Waals surface area (Å²) < 4.78 is 0. The fraction of sp³-hybridized carbons (Fsp3) is 1.00. The lowest BCUT2D eigenvalue weighted by atomic mass is 9.83. The molecule has 116 valence electrons. The summed E-state index contributed by atoms with van der Waals surface area (Å²) >= 11 is 0. The minimum atomic E-state index is 0.403. The van der Waals surface area contributed by atoms with Gasteiger partial charge in [0.05, 0.1) is 0 Å². The molecule has 2 saturated carbocycles. The van der Waals surface area contributed by atoms with E-state index in [1.54, 1.807) is 0 Å². The summed E-state index contributed by atoms with van der Waals surface area (Å²) in [7, 11) is 0. The lowest BCUT2D eigenvalue weighted by Crippen LogP contribution is -2.69. The van der Waals surface area contributed by atoms with Gasteiger partial charge in [0.25, 0.3) is 0 Å². The molecule has 2 aliphatic carbocycles. The predicted molar refractivity (Wildman–Crippen MR) is 86.0 cm³/mol. The molecule has 2 heteroatoms. The van der Waals surface area contributed by atoms with Gasteiger partial charge in [0.2, 0.25) is 0 Å². The minimum absolute atomic E-state index is 0.403. The molecule has 2 unspecified atom stereocenters. The van der Waals surface area contributed by atoms with Gasteiger partial charge in [-0.25, -0.2) is 0 Å². The van der Waals surface area contributed by atoms with Crippen LogP contribution < -0.4 is 5.32 Å². The molecular weight excluding hydrogens is 244 g/mol. The Morgan fingerprint density at radius 1 is 1.25 bits per heavy atom. The molecule has 20 heavy (non-hydrogen) atoms. The molecule has 0 radical (unpaired) electrons. The maximum absolute atomic E-state index is 3.98. The molecule has 1 aliphatic heterocycles. The topological polar surface area (TPSA) is 15.3 Å². The Kier molecular flexibility index (Phi) is 4.16. The largest absolute Gasteiger partial charge is 0.308 e. The number of nitrogens with one attached hydrogen (secondary N) is 1. The Hall–Kier alpha value is -0.0800. The van der Waals surface area contributed by atoms with Gasteiger partial charge in [-0.1, -0.05) is 33.1 Å². The quantitative estimate of drug-likeness (QED) is 0.822. The van der Waals surface area contributed by atoms with Crippen molar-refractivity contribution in [2.24, 2.45) is 11.8 Å². The van der Waals surface area contributed by atoms with Gasteiger partial charge in [-0.3, -0.25) is 4.90 Å². The van der Waals surface area contributed by atoms with Crippen molar-refractivity contribution in [1.82, 2.24) is 10.2 Å². The van der Waals surface area contributed by atoms with Crippen molar-refractivity contribution in [3.63, 3.8) is 0 Å². The molecule has 2 nitrogen and oxygen atoms in total. The van der Waals surface area contributed by atoms with Crippen molar-refractivity contribution in [3.05, 3.63) is 0 Å². The summed E-state index contributed by atoms with van der Waals surface area (Å²) in [5.74, 6) is 1.81. The van der Waals surface area contributed by atoms with Crippen LogP contribution in [0, 0.1) is 11.8 Å². The van der Waals surface area contributed by atoms with Gasteiger partial charge in [0, 0.05) is 30.7 Å². The Morgan fingerprint density at radius 2 is 1.95 bits per heavy atom. The fourth-order valence-electron chi connectivity index (χ4n) is 4.84. The van der Waals surface area contributed by atoms with Crippen molar-refractivity contribution in [2.45, 2.75) is 83.2 Å². The van der Waals surface area contributed by atoms with E-state index in [4.69, 9.17) is 0 Å². The van der Waals surface area contributed by atoms with Gasteiger partial charge >= 0.3 is 0 Å². The third-order valence-electron chi connectivity index (χ3n) is 6.34. The van der Waals surface area contributed by atoms with E-state index < -0.39 is 0 Å². The molecule has 1 spiro atoms. The van der Waals surface area contributed by atoms with Crippen molar-refractivity contribution in [2.75, 3.05) is 19.6 Å². The number of nitrogens with zero attached hydrogens (tertiary/aromatic N) is 1. The van der Waals surface area contributed by atoms with Gasteiger partial charge in [0.1, 0.15) is 0 Å². The zero-order chi connectivity index (χ0) is 14.2. The molecule has 1 N–H and O–H groups in total. The molecule has 0 aromatic rings. The summed E-state index contributed by atoms with van der Waals surface area (Å²) in [6, 6.07) is 0. The second-order valence-corrected chi connectivity index (χ2v) is 8.25. The van der Waals surface area contributed by atoms with Crippen LogP contribution in [0.5, 0.6) is 0 Å². The number of hydrogen-bond acceptors (Lipinski definition) is 2. The zero-order valence-corrected chi connectivity index (χ0v) is 13.9. The fourth-order valence-corrected chi connectivity index (χ4v) is 4.84. The Morgan fingerprint density at radius 3 is 2.55 bits per heavy atom. The van der Waals surface area contributed by atoms with Gasteiger partial charge in [0.15, 0.2) is 0 Å². The summed E-state index contributed by atoms with van der Waals surface area (Å²) in [5, 5.41) is 3.98. The standard InChI is InChI=1S/C18H34N2/c1-4-7-15(2)12-20-14-17(3,16-8-9-16)19-13-18(20)10-5-6-11-18/h15-16,19H,4-14H2,1-3H3. The highest BCUT2D eigenvalue weighted by molar-refractivity contribution is 5.10. The van der Waals surface area contributed by atoms with Gasteiger partial charge in [-0.05, 0) is 50.9 Å². The highest BCUT2D eigenvalue weighted by Crippen LogP contribution is 2.46. The first-order valence-corrected chi connectivity index (χ1v) is 9.08. The van der Waals surface area contributed by atoms with E-state index in [9.17, 15) is 0 Å². The highest BCUT2D eigenvalue weighted by atomic mass is 15.3. The molecule has 2 atom stereocenters. The van der Waals surface area contributed by atoms with E-state index in [1.807, 2.05) is 0 Å². The molecule has 1 saturated heterocycles.